The van der Waals surface area contributed by atoms with Gasteiger partial charge < -0.3 is 5.32 Å². The molecule has 22 heavy (non-hydrogen) atoms. The summed E-state index contributed by atoms with van der Waals surface area (Å²) in [6, 6.07) is 4.21. The molecule has 3 aromatic rings. The lowest BCUT2D eigenvalue weighted by molar-refractivity contribution is 0.606. The molecule has 0 aliphatic heterocycles. The van der Waals surface area contributed by atoms with Crippen molar-refractivity contribution in [3.63, 3.8) is 0 Å². The molecule has 0 spiro atoms. The van der Waals surface area contributed by atoms with Crippen LogP contribution in [0.3, 0.4) is 0 Å². The van der Waals surface area contributed by atoms with Crippen LogP contribution in [0.5, 0.6) is 0 Å². The summed E-state index contributed by atoms with van der Waals surface area (Å²) in [5.74, 6) is 1.69. The highest BCUT2D eigenvalue weighted by molar-refractivity contribution is 7.26. The molecule has 1 N–H and O–H groups in total. The van der Waals surface area contributed by atoms with Gasteiger partial charge in [-0.25, -0.2) is 4.98 Å². The molecule has 0 unspecified atom stereocenters. The van der Waals surface area contributed by atoms with Crippen molar-refractivity contribution in [2.45, 2.75) is 41.0 Å². The Morgan fingerprint density at radius 3 is 2.68 bits per heavy atom. The lowest BCUT2D eigenvalue weighted by atomic mass is 10.1. The number of nitrogens with zero attached hydrogens (tertiary/aromatic N) is 3. The molecular weight excluding hydrogens is 292 g/mol. The van der Waals surface area contributed by atoms with Crippen LogP contribution in [0.4, 0.5) is 5.82 Å². The van der Waals surface area contributed by atoms with Crippen LogP contribution < -0.4 is 5.32 Å². The van der Waals surface area contributed by atoms with Gasteiger partial charge in [-0.1, -0.05) is 27.7 Å². The molecule has 0 amide bonds. The van der Waals surface area contributed by atoms with E-state index in [2.05, 4.69) is 41.4 Å². The lowest BCUT2D eigenvalue weighted by Gasteiger charge is -2.05. The van der Waals surface area contributed by atoms with Crippen molar-refractivity contribution >= 4 is 37.6 Å². The number of nitrogens with one attached hydrogen (secondary N) is 1. The fourth-order valence-corrected chi connectivity index (χ4v) is 3.59. The van der Waals surface area contributed by atoms with Gasteiger partial charge in [-0.05, 0) is 31.4 Å². The van der Waals surface area contributed by atoms with Crippen LogP contribution in [0, 0.1) is 12.8 Å². The molecule has 0 aromatic carbocycles. The summed E-state index contributed by atoms with van der Waals surface area (Å²) in [5.41, 5.74) is 2.25. The van der Waals surface area contributed by atoms with E-state index in [0.29, 0.717) is 5.92 Å². The molecule has 3 aromatic heterocycles. The topological polar surface area (TPSA) is 42.7 Å². The molecule has 4 nitrogen and oxygen atoms in total. The second kappa shape index (κ2) is 7.09. The monoisotopic (exact) mass is 318 g/mol. The Bertz CT molecular complexity index is 755. The summed E-state index contributed by atoms with van der Waals surface area (Å²) in [5, 5.41) is 9.27. The van der Waals surface area contributed by atoms with Crippen LogP contribution in [0.2, 0.25) is 0 Å². The predicted octanol–water partition coefficient (Wildman–Crippen LogP) is 4.98. The molecule has 120 valence electrons. The van der Waals surface area contributed by atoms with Crippen molar-refractivity contribution in [2.24, 2.45) is 13.0 Å². The summed E-state index contributed by atoms with van der Waals surface area (Å²) in [6.45, 7) is 11.5. The zero-order valence-electron chi connectivity index (χ0n) is 14.4. The molecule has 3 rings (SSSR count). The first-order valence-electron chi connectivity index (χ1n) is 8.03. The van der Waals surface area contributed by atoms with Gasteiger partial charge in [-0.2, -0.15) is 5.10 Å². The Balaban J connectivity index is 0.000000847. The minimum absolute atomic E-state index is 0.702. The average molecular weight is 318 g/mol. The van der Waals surface area contributed by atoms with Crippen LogP contribution in [0.1, 0.15) is 39.8 Å². The summed E-state index contributed by atoms with van der Waals surface area (Å²) < 4.78 is 3.17. The molecule has 0 aliphatic carbocycles. The van der Waals surface area contributed by atoms with E-state index >= 15 is 0 Å². The summed E-state index contributed by atoms with van der Waals surface area (Å²) >= 11 is 1.73. The molecule has 0 fully saturated rings. The maximum absolute atomic E-state index is 4.63. The molecule has 0 atom stereocenters. The molecule has 0 aliphatic rings. The highest BCUT2D eigenvalue weighted by Crippen LogP contribution is 2.36. The largest absolute Gasteiger partial charge is 0.367 e. The maximum atomic E-state index is 4.63. The van der Waals surface area contributed by atoms with Gasteiger partial charge in [0.1, 0.15) is 4.83 Å². The lowest BCUT2D eigenvalue weighted by Crippen LogP contribution is -2.05. The van der Waals surface area contributed by atoms with E-state index in [4.69, 9.17) is 0 Å². The maximum Gasteiger partial charge on any atom is 0.166 e. The molecule has 5 heteroatoms. The Labute approximate surface area is 136 Å². The van der Waals surface area contributed by atoms with Crippen LogP contribution in [-0.4, -0.2) is 21.3 Å². The van der Waals surface area contributed by atoms with Crippen molar-refractivity contribution in [2.75, 3.05) is 11.9 Å². The fraction of sp³-hybridized carbons (Fsp3) is 0.529. The van der Waals surface area contributed by atoms with Gasteiger partial charge in [0.05, 0.1) is 10.2 Å². The summed E-state index contributed by atoms with van der Waals surface area (Å²) in [4.78, 5) is 5.72. The number of pyridine rings is 1. The van der Waals surface area contributed by atoms with Crippen molar-refractivity contribution in [3.05, 3.63) is 17.8 Å². The van der Waals surface area contributed by atoms with Crippen molar-refractivity contribution in [1.82, 2.24) is 14.8 Å². The third kappa shape index (κ3) is 3.24. The minimum atomic E-state index is 0.702. The molecule has 3 heterocycles. The molecular formula is C17H26N4S. The van der Waals surface area contributed by atoms with Gasteiger partial charge in [0.2, 0.25) is 0 Å². The second-order valence-corrected chi connectivity index (χ2v) is 6.67. The third-order valence-electron chi connectivity index (χ3n) is 3.47. The molecule has 0 bridgehead atoms. The number of hydrogen-bond acceptors (Lipinski definition) is 4. The number of aryl methyl sites for hydroxylation is 2. The van der Waals surface area contributed by atoms with Gasteiger partial charge in [0.15, 0.2) is 5.82 Å². The van der Waals surface area contributed by atoms with E-state index in [1.807, 2.05) is 32.5 Å². The highest BCUT2D eigenvalue weighted by atomic mass is 32.1. The molecule has 0 radical (unpaired) electrons. The fourth-order valence-electron chi connectivity index (χ4n) is 2.38. The van der Waals surface area contributed by atoms with Crippen LogP contribution >= 0.6 is 11.3 Å². The first-order chi connectivity index (χ1) is 10.6. The van der Waals surface area contributed by atoms with E-state index in [1.54, 1.807) is 11.3 Å². The standard InChI is InChI=1S/C15H20N4S.C2H6/c1-9(2)7-8-16-14-13-12(19(4)18-14)11-6-5-10(3)17-15(11)20-13;1-2/h5-6,9H,7-8H2,1-4H3,(H,16,18);1-2H3. The summed E-state index contributed by atoms with van der Waals surface area (Å²) in [7, 11) is 2.00. The van der Waals surface area contributed by atoms with Gasteiger partial charge in [-0.3, -0.25) is 4.68 Å². The van der Waals surface area contributed by atoms with Crippen LogP contribution in [0.15, 0.2) is 12.1 Å². The second-order valence-electron chi connectivity index (χ2n) is 5.67. The van der Waals surface area contributed by atoms with Crippen molar-refractivity contribution in [1.29, 1.82) is 0 Å². The van der Waals surface area contributed by atoms with Crippen molar-refractivity contribution < 1.29 is 0 Å². The van der Waals surface area contributed by atoms with Gasteiger partial charge in [0.25, 0.3) is 0 Å². The number of thiophene rings is 1. The highest BCUT2D eigenvalue weighted by Gasteiger charge is 2.15. The smallest absolute Gasteiger partial charge is 0.166 e. The zero-order valence-corrected chi connectivity index (χ0v) is 15.2. The van der Waals surface area contributed by atoms with E-state index in [1.165, 1.54) is 15.6 Å². The van der Waals surface area contributed by atoms with Gasteiger partial charge in [0, 0.05) is 24.7 Å². The van der Waals surface area contributed by atoms with Crippen LogP contribution in [0.25, 0.3) is 20.4 Å². The summed E-state index contributed by atoms with van der Waals surface area (Å²) in [6.07, 6.45) is 1.15. The first kappa shape index (κ1) is 16.7. The van der Waals surface area contributed by atoms with Crippen LogP contribution in [-0.2, 0) is 7.05 Å². The van der Waals surface area contributed by atoms with Gasteiger partial charge >= 0.3 is 0 Å². The number of rotatable bonds is 4. The molecule has 0 saturated heterocycles. The normalized spacial score (nSPS) is 11.0. The molecule has 0 saturated carbocycles. The van der Waals surface area contributed by atoms with E-state index < -0.39 is 0 Å². The minimum Gasteiger partial charge on any atom is -0.367 e. The van der Waals surface area contributed by atoms with E-state index in [9.17, 15) is 0 Å². The van der Waals surface area contributed by atoms with E-state index in [-0.39, 0.29) is 0 Å². The zero-order chi connectivity index (χ0) is 16.3. The third-order valence-corrected chi connectivity index (χ3v) is 4.57. The Morgan fingerprint density at radius 2 is 2.00 bits per heavy atom. The SMILES string of the molecule is CC.Cc1ccc2c(n1)sc1c(NCCC(C)C)nn(C)c12. The number of anilines is 1. The Kier molecular flexibility index (Phi) is 5.40. The quantitative estimate of drug-likeness (QED) is 0.738. The van der Waals surface area contributed by atoms with Gasteiger partial charge in [-0.15, -0.1) is 11.3 Å². The Hall–Kier alpha value is -1.62. The first-order valence-corrected chi connectivity index (χ1v) is 8.84. The van der Waals surface area contributed by atoms with Crippen molar-refractivity contribution in [3.8, 4) is 0 Å². The predicted molar refractivity (Wildman–Crippen MR) is 97.9 cm³/mol. The van der Waals surface area contributed by atoms with E-state index in [0.717, 1.165) is 29.3 Å². The Morgan fingerprint density at radius 1 is 1.27 bits per heavy atom. The number of aromatic nitrogens is 3. The number of fused-ring (bicyclic) bond motifs is 3. The number of hydrogen-bond donors (Lipinski definition) is 1. The average Bonchev–Trinajstić information content (AvgIpc) is 2.99.